The fourth-order valence-corrected chi connectivity index (χ4v) is 2.96. The highest BCUT2D eigenvalue weighted by Gasteiger charge is 2.28. The van der Waals surface area contributed by atoms with Crippen LogP contribution in [0.3, 0.4) is 0 Å². The Morgan fingerprint density at radius 3 is 2.48 bits per heavy atom. The number of aromatic nitrogens is 1. The van der Waals surface area contributed by atoms with Crippen LogP contribution in [-0.2, 0) is 13.0 Å². The Kier molecular flexibility index (Phi) is 9.35. The third kappa shape index (κ3) is 7.89. The van der Waals surface area contributed by atoms with Crippen LogP contribution in [0.1, 0.15) is 11.1 Å². The first-order chi connectivity index (χ1) is 14.4. The van der Waals surface area contributed by atoms with E-state index in [9.17, 15) is 13.2 Å². The summed E-state index contributed by atoms with van der Waals surface area (Å²) in [5.74, 6) is 0.822. The maximum Gasteiger partial charge on any atom is 0.422 e. The molecular formula is C22H24F3IN4O. The number of halogens is 4. The van der Waals surface area contributed by atoms with Crippen molar-refractivity contribution in [2.24, 2.45) is 4.99 Å². The van der Waals surface area contributed by atoms with Crippen molar-refractivity contribution in [2.75, 3.05) is 20.2 Å². The molecule has 0 unspecified atom stereocenters. The molecule has 0 saturated heterocycles. The van der Waals surface area contributed by atoms with Gasteiger partial charge in [0.1, 0.15) is 5.75 Å². The number of para-hydroxylation sites is 1. The second-order valence-electron chi connectivity index (χ2n) is 6.64. The first-order valence-electron chi connectivity index (χ1n) is 9.50. The van der Waals surface area contributed by atoms with Gasteiger partial charge in [-0.3, -0.25) is 9.98 Å². The standard InChI is InChI=1S/C22H23F3N4O.HI/c1-26-21(28-13-11-18-5-2-4-17-6-3-12-27-20(17)18)29-14-16-7-9-19(10-8-16)30-15-22(23,24)25;/h2-10,12H,11,13-15H2,1H3,(H2,26,28,29);1H. The van der Waals surface area contributed by atoms with Gasteiger partial charge in [-0.25, -0.2) is 0 Å². The number of hydrogen-bond acceptors (Lipinski definition) is 3. The molecule has 0 saturated carbocycles. The second kappa shape index (κ2) is 11.7. The molecule has 5 nitrogen and oxygen atoms in total. The van der Waals surface area contributed by atoms with Crippen molar-refractivity contribution in [3.05, 3.63) is 71.9 Å². The second-order valence-corrected chi connectivity index (χ2v) is 6.64. The number of hydrogen-bond donors (Lipinski definition) is 2. The molecule has 0 aliphatic rings. The Morgan fingerprint density at radius 1 is 1.03 bits per heavy atom. The lowest BCUT2D eigenvalue weighted by atomic mass is 10.1. The average Bonchev–Trinajstić information content (AvgIpc) is 2.75. The fourth-order valence-electron chi connectivity index (χ4n) is 2.96. The first-order valence-corrected chi connectivity index (χ1v) is 9.50. The number of ether oxygens (including phenoxy) is 1. The summed E-state index contributed by atoms with van der Waals surface area (Å²) in [6, 6.07) is 16.6. The third-order valence-electron chi connectivity index (χ3n) is 4.41. The minimum Gasteiger partial charge on any atom is -0.484 e. The van der Waals surface area contributed by atoms with Crippen molar-refractivity contribution in [2.45, 2.75) is 19.1 Å². The SMILES string of the molecule is CN=C(NCCc1cccc2cccnc12)NCc1ccc(OCC(F)(F)F)cc1.I. The molecule has 166 valence electrons. The predicted octanol–water partition coefficient (Wildman–Crippen LogP) is 4.70. The number of nitrogens with zero attached hydrogens (tertiary/aromatic N) is 2. The number of aliphatic imine (C=N–C) groups is 1. The molecule has 0 atom stereocenters. The summed E-state index contributed by atoms with van der Waals surface area (Å²) >= 11 is 0. The van der Waals surface area contributed by atoms with Gasteiger partial charge in [-0.1, -0.05) is 36.4 Å². The van der Waals surface area contributed by atoms with Gasteiger partial charge < -0.3 is 15.4 Å². The van der Waals surface area contributed by atoms with Crippen LogP contribution in [0.2, 0.25) is 0 Å². The highest BCUT2D eigenvalue weighted by molar-refractivity contribution is 14.0. The van der Waals surface area contributed by atoms with Crippen molar-refractivity contribution in [1.29, 1.82) is 0 Å². The van der Waals surface area contributed by atoms with Gasteiger partial charge in [0.2, 0.25) is 0 Å². The predicted molar refractivity (Wildman–Crippen MR) is 127 cm³/mol. The van der Waals surface area contributed by atoms with E-state index in [1.54, 1.807) is 25.4 Å². The van der Waals surface area contributed by atoms with Crippen LogP contribution >= 0.6 is 24.0 Å². The van der Waals surface area contributed by atoms with E-state index in [1.807, 2.05) is 24.3 Å². The molecule has 0 spiro atoms. The summed E-state index contributed by atoms with van der Waals surface area (Å²) in [5.41, 5.74) is 3.05. The van der Waals surface area contributed by atoms with Gasteiger partial charge in [-0.2, -0.15) is 13.2 Å². The van der Waals surface area contributed by atoms with E-state index in [2.05, 4.69) is 26.7 Å². The summed E-state index contributed by atoms with van der Waals surface area (Å²) in [6.45, 7) is -0.137. The van der Waals surface area contributed by atoms with Crippen LogP contribution in [-0.4, -0.2) is 37.3 Å². The lowest BCUT2D eigenvalue weighted by Gasteiger charge is -2.13. The molecular weight excluding hydrogens is 520 g/mol. The van der Waals surface area contributed by atoms with Gasteiger partial charge in [0.25, 0.3) is 0 Å². The first kappa shape index (κ1) is 24.7. The molecule has 1 aromatic heterocycles. The number of rotatable bonds is 7. The number of alkyl halides is 3. The third-order valence-corrected chi connectivity index (χ3v) is 4.41. The average molecular weight is 544 g/mol. The summed E-state index contributed by atoms with van der Waals surface area (Å²) in [6.07, 6.45) is -1.76. The number of pyridine rings is 1. The molecule has 3 aromatic rings. The van der Waals surface area contributed by atoms with Crippen LogP contribution in [0.4, 0.5) is 13.2 Å². The van der Waals surface area contributed by atoms with Gasteiger partial charge in [0.05, 0.1) is 5.52 Å². The Morgan fingerprint density at radius 2 is 1.77 bits per heavy atom. The van der Waals surface area contributed by atoms with E-state index in [4.69, 9.17) is 4.74 Å². The van der Waals surface area contributed by atoms with Gasteiger partial charge >= 0.3 is 6.18 Å². The van der Waals surface area contributed by atoms with Crippen LogP contribution < -0.4 is 15.4 Å². The molecule has 0 fully saturated rings. The normalized spacial score (nSPS) is 11.7. The molecule has 0 aliphatic heterocycles. The summed E-state index contributed by atoms with van der Waals surface area (Å²) < 4.78 is 41.3. The number of nitrogens with one attached hydrogen (secondary N) is 2. The van der Waals surface area contributed by atoms with Gasteiger partial charge in [0.15, 0.2) is 12.6 Å². The molecule has 1 heterocycles. The van der Waals surface area contributed by atoms with Gasteiger partial charge in [-0.15, -0.1) is 24.0 Å². The summed E-state index contributed by atoms with van der Waals surface area (Å²) in [4.78, 5) is 8.66. The summed E-state index contributed by atoms with van der Waals surface area (Å²) in [5, 5.41) is 7.56. The van der Waals surface area contributed by atoms with E-state index >= 15 is 0 Å². The minimum atomic E-state index is -4.35. The smallest absolute Gasteiger partial charge is 0.422 e. The van der Waals surface area contributed by atoms with Gasteiger partial charge in [0, 0.05) is 31.7 Å². The van der Waals surface area contributed by atoms with E-state index < -0.39 is 12.8 Å². The van der Waals surface area contributed by atoms with Crippen LogP contribution in [0.25, 0.3) is 10.9 Å². The van der Waals surface area contributed by atoms with Crippen LogP contribution in [0.15, 0.2) is 65.8 Å². The molecule has 31 heavy (non-hydrogen) atoms. The number of fused-ring (bicyclic) bond motifs is 1. The van der Waals surface area contributed by atoms with Crippen molar-refractivity contribution >= 4 is 40.8 Å². The van der Waals surface area contributed by atoms with Gasteiger partial charge in [-0.05, 0) is 35.7 Å². The van der Waals surface area contributed by atoms with Crippen molar-refractivity contribution in [3.63, 3.8) is 0 Å². The van der Waals surface area contributed by atoms with E-state index in [0.29, 0.717) is 19.0 Å². The van der Waals surface area contributed by atoms with Crippen LogP contribution in [0.5, 0.6) is 5.75 Å². The highest BCUT2D eigenvalue weighted by Crippen LogP contribution is 2.19. The molecule has 0 radical (unpaired) electrons. The highest BCUT2D eigenvalue weighted by atomic mass is 127. The molecule has 3 rings (SSSR count). The monoisotopic (exact) mass is 544 g/mol. The zero-order valence-corrected chi connectivity index (χ0v) is 19.3. The largest absolute Gasteiger partial charge is 0.484 e. The Balaban J connectivity index is 0.00000341. The molecule has 9 heteroatoms. The lowest BCUT2D eigenvalue weighted by Crippen LogP contribution is -2.37. The molecule has 0 aliphatic carbocycles. The lowest BCUT2D eigenvalue weighted by molar-refractivity contribution is -0.153. The van der Waals surface area contributed by atoms with Crippen LogP contribution in [0, 0.1) is 0 Å². The van der Waals surface area contributed by atoms with Crippen molar-refractivity contribution < 1.29 is 17.9 Å². The van der Waals surface area contributed by atoms with Crippen molar-refractivity contribution in [3.8, 4) is 5.75 Å². The van der Waals surface area contributed by atoms with E-state index in [0.717, 1.165) is 28.5 Å². The maximum absolute atomic E-state index is 12.2. The number of benzene rings is 2. The maximum atomic E-state index is 12.2. The van der Waals surface area contributed by atoms with E-state index in [-0.39, 0.29) is 29.7 Å². The summed E-state index contributed by atoms with van der Waals surface area (Å²) in [7, 11) is 1.68. The number of guanidine groups is 1. The molecule has 2 aromatic carbocycles. The fraction of sp³-hybridized carbons (Fsp3) is 0.273. The zero-order chi connectivity index (χ0) is 21.4. The Bertz CT molecular complexity index is 989. The van der Waals surface area contributed by atoms with Crippen molar-refractivity contribution in [1.82, 2.24) is 15.6 Å². The molecule has 2 N–H and O–H groups in total. The van der Waals surface area contributed by atoms with E-state index in [1.165, 1.54) is 12.1 Å². The molecule has 0 amide bonds. The Hall–Kier alpha value is -2.56. The quantitative estimate of drug-likeness (QED) is 0.257. The Labute approximate surface area is 196 Å². The minimum absolute atomic E-state index is 0. The topological polar surface area (TPSA) is 58.5 Å². The molecule has 0 bridgehead atoms. The zero-order valence-electron chi connectivity index (χ0n) is 16.9.